The lowest BCUT2D eigenvalue weighted by Crippen LogP contribution is -2.77. The van der Waals surface area contributed by atoms with Crippen LogP contribution >= 0.6 is 0 Å². The number of hydrogen-bond acceptors (Lipinski definition) is 2. The summed E-state index contributed by atoms with van der Waals surface area (Å²) in [6.07, 6.45) is 0. The van der Waals surface area contributed by atoms with Crippen molar-refractivity contribution in [3.05, 3.63) is 231 Å². The van der Waals surface area contributed by atoms with Crippen molar-refractivity contribution in [2.75, 3.05) is 9.80 Å². The third-order valence-corrected chi connectivity index (χ3v) is 16.0. The minimum absolute atomic E-state index is 1.10. The summed E-state index contributed by atoms with van der Waals surface area (Å²) in [6, 6.07) is 84.7. The maximum Gasteiger partial charge on any atom is 0.184 e. The van der Waals surface area contributed by atoms with Crippen LogP contribution in [0.15, 0.2) is 231 Å². The molecule has 0 spiro atoms. The summed E-state index contributed by atoms with van der Waals surface area (Å²) in [6.45, 7) is 0. The van der Waals surface area contributed by atoms with Crippen LogP contribution in [-0.4, -0.2) is 8.07 Å². The Balaban J connectivity index is 1.27. The van der Waals surface area contributed by atoms with Gasteiger partial charge in [-0.3, -0.25) is 0 Å². The van der Waals surface area contributed by atoms with Crippen LogP contribution in [0, 0.1) is 0 Å². The summed E-state index contributed by atoms with van der Waals surface area (Å²) in [5.74, 6) is 0. The second-order valence-electron chi connectivity index (χ2n) is 14.1. The summed E-state index contributed by atoms with van der Waals surface area (Å²) in [4.78, 5) is 4.93. The lowest BCUT2D eigenvalue weighted by Gasteiger charge is -2.45. The van der Waals surface area contributed by atoms with Crippen molar-refractivity contribution in [1.82, 2.24) is 0 Å². The Morgan fingerprint density at radius 1 is 0.364 bits per heavy atom. The normalized spacial score (nSPS) is 12.8. The zero-order valence-corrected chi connectivity index (χ0v) is 31.3. The topological polar surface area (TPSA) is 6.48 Å². The maximum atomic E-state index is 2.49. The molecule has 1 aliphatic rings. The third-order valence-electron chi connectivity index (χ3n) is 11.1. The van der Waals surface area contributed by atoms with E-state index in [4.69, 9.17) is 0 Å². The molecular formula is C52H38N2Si. The van der Waals surface area contributed by atoms with Crippen LogP contribution in [-0.2, 0) is 0 Å². The molecule has 0 bridgehead atoms. The van der Waals surface area contributed by atoms with Crippen molar-refractivity contribution in [3.63, 3.8) is 0 Å². The number of rotatable bonds is 7. The third kappa shape index (κ3) is 5.48. The van der Waals surface area contributed by atoms with Gasteiger partial charge in [0.25, 0.3) is 0 Å². The SMILES string of the molecule is c1ccc(-c2ccc(N(c3ccc4c(c3)N(c3ccccc3)c3ccccc3[Si]4(c3ccccc3)c3ccccc3)c3cccc4ccccc34)cc2)cc1. The van der Waals surface area contributed by atoms with Crippen molar-refractivity contribution in [2.45, 2.75) is 0 Å². The first-order valence-corrected chi connectivity index (χ1v) is 20.9. The maximum absolute atomic E-state index is 2.82. The Kier molecular flexibility index (Phi) is 8.20. The van der Waals surface area contributed by atoms with E-state index < -0.39 is 8.07 Å². The molecule has 1 aliphatic heterocycles. The van der Waals surface area contributed by atoms with E-state index >= 15 is 0 Å². The Hall–Kier alpha value is -6.94. The molecule has 55 heavy (non-hydrogen) atoms. The second kappa shape index (κ2) is 13.8. The molecule has 0 radical (unpaired) electrons. The first kappa shape index (κ1) is 32.7. The van der Waals surface area contributed by atoms with Gasteiger partial charge >= 0.3 is 0 Å². The molecule has 9 aromatic rings. The zero-order chi connectivity index (χ0) is 36.6. The van der Waals surface area contributed by atoms with Crippen LogP contribution < -0.4 is 30.5 Å². The summed E-state index contributed by atoms with van der Waals surface area (Å²) < 4.78 is 0. The lowest BCUT2D eigenvalue weighted by atomic mass is 10.0. The number of anilines is 6. The molecular weight excluding hydrogens is 681 g/mol. The Labute approximate surface area is 323 Å². The number of nitrogens with zero attached hydrogens (tertiary/aromatic N) is 2. The standard InChI is InChI=1S/C52H38N2Si/c1-5-18-39(19-6-1)40-32-34-43(35-33-40)53(48-30-17-21-41-20-13-14-28-47(41)48)44-36-37-52-50(38-44)54(42-22-7-2-8-23-42)49-29-15-16-31-51(49)55(52,45-24-9-3-10-25-45)46-26-11-4-12-27-46/h1-38H. The molecule has 1 heterocycles. The predicted octanol–water partition coefficient (Wildman–Crippen LogP) is 11.1. The highest BCUT2D eigenvalue weighted by Crippen LogP contribution is 2.44. The van der Waals surface area contributed by atoms with Gasteiger partial charge in [-0.05, 0) is 85.8 Å². The van der Waals surface area contributed by atoms with Gasteiger partial charge < -0.3 is 9.80 Å². The van der Waals surface area contributed by atoms with E-state index in [2.05, 4.69) is 240 Å². The fourth-order valence-electron chi connectivity index (χ4n) is 8.71. The average Bonchev–Trinajstić information content (AvgIpc) is 3.27. The first-order chi connectivity index (χ1) is 27.3. The average molecular weight is 719 g/mol. The molecule has 0 saturated carbocycles. The van der Waals surface area contributed by atoms with Crippen LogP contribution in [0.4, 0.5) is 34.1 Å². The van der Waals surface area contributed by atoms with E-state index in [-0.39, 0.29) is 0 Å². The summed E-state index contributed by atoms with van der Waals surface area (Å²) in [5, 5.41) is 7.92. The van der Waals surface area contributed by atoms with Crippen LogP contribution in [0.2, 0.25) is 0 Å². The molecule has 3 heteroatoms. The lowest BCUT2D eigenvalue weighted by molar-refractivity contribution is 1.26. The van der Waals surface area contributed by atoms with E-state index in [9.17, 15) is 0 Å². The van der Waals surface area contributed by atoms with Crippen LogP contribution in [0.3, 0.4) is 0 Å². The Morgan fingerprint density at radius 2 is 0.891 bits per heavy atom. The highest BCUT2D eigenvalue weighted by atomic mass is 28.3. The first-order valence-electron chi connectivity index (χ1n) is 18.9. The fraction of sp³-hybridized carbons (Fsp3) is 0. The van der Waals surface area contributed by atoms with Crippen molar-refractivity contribution >= 4 is 73.7 Å². The molecule has 0 aliphatic carbocycles. The second-order valence-corrected chi connectivity index (χ2v) is 17.9. The van der Waals surface area contributed by atoms with E-state index in [1.165, 1.54) is 54.0 Å². The van der Waals surface area contributed by atoms with Crippen LogP contribution in [0.1, 0.15) is 0 Å². The summed E-state index contributed by atoms with van der Waals surface area (Å²) in [7, 11) is -2.82. The minimum Gasteiger partial charge on any atom is -0.311 e. The quantitative estimate of drug-likeness (QED) is 0.151. The fourth-order valence-corrected chi connectivity index (χ4v) is 13.8. The number of benzene rings is 9. The molecule has 260 valence electrons. The predicted molar refractivity (Wildman–Crippen MR) is 236 cm³/mol. The molecule has 0 amide bonds. The van der Waals surface area contributed by atoms with E-state index in [1.807, 2.05) is 0 Å². The van der Waals surface area contributed by atoms with Gasteiger partial charge in [-0.1, -0.05) is 182 Å². The highest BCUT2D eigenvalue weighted by molar-refractivity contribution is 7.21. The molecule has 0 N–H and O–H groups in total. The van der Waals surface area contributed by atoms with E-state index in [0.29, 0.717) is 0 Å². The van der Waals surface area contributed by atoms with Gasteiger partial charge in [-0.15, -0.1) is 0 Å². The molecule has 0 unspecified atom stereocenters. The van der Waals surface area contributed by atoms with Gasteiger partial charge in [-0.2, -0.15) is 0 Å². The van der Waals surface area contributed by atoms with Gasteiger partial charge in [0.2, 0.25) is 0 Å². The molecule has 0 aromatic heterocycles. The van der Waals surface area contributed by atoms with Gasteiger partial charge in [-0.25, -0.2) is 0 Å². The van der Waals surface area contributed by atoms with E-state index in [0.717, 1.165) is 22.7 Å². The van der Waals surface area contributed by atoms with E-state index in [1.54, 1.807) is 0 Å². The van der Waals surface area contributed by atoms with Gasteiger partial charge in [0.15, 0.2) is 8.07 Å². The summed E-state index contributed by atoms with van der Waals surface area (Å²) >= 11 is 0. The Morgan fingerprint density at radius 3 is 1.60 bits per heavy atom. The number of hydrogen-bond donors (Lipinski definition) is 0. The van der Waals surface area contributed by atoms with Crippen molar-refractivity contribution < 1.29 is 0 Å². The molecule has 2 nitrogen and oxygen atoms in total. The smallest absolute Gasteiger partial charge is 0.184 e. The highest BCUT2D eigenvalue weighted by Gasteiger charge is 2.49. The molecule has 9 aromatic carbocycles. The molecule has 0 fully saturated rings. The van der Waals surface area contributed by atoms with Crippen molar-refractivity contribution in [1.29, 1.82) is 0 Å². The Bertz CT molecular complexity index is 2700. The van der Waals surface area contributed by atoms with Gasteiger partial charge in [0.1, 0.15) is 0 Å². The number of fused-ring (bicyclic) bond motifs is 3. The van der Waals surface area contributed by atoms with Crippen LogP contribution in [0.25, 0.3) is 21.9 Å². The molecule has 0 saturated heterocycles. The minimum atomic E-state index is -2.82. The summed E-state index contributed by atoms with van der Waals surface area (Å²) in [5.41, 5.74) is 9.32. The largest absolute Gasteiger partial charge is 0.311 e. The number of para-hydroxylation sites is 2. The zero-order valence-electron chi connectivity index (χ0n) is 30.3. The van der Waals surface area contributed by atoms with Crippen molar-refractivity contribution in [3.8, 4) is 11.1 Å². The van der Waals surface area contributed by atoms with Gasteiger partial charge in [0, 0.05) is 33.8 Å². The molecule has 10 rings (SSSR count). The monoisotopic (exact) mass is 718 g/mol. The van der Waals surface area contributed by atoms with Gasteiger partial charge in [0.05, 0.1) is 5.69 Å². The van der Waals surface area contributed by atoms with Crippen molar-refractivity contribution in [2.24, 2.45) is 0 Å². The van der Waals surface area contributed by atoms with Crippen LogP contribution in [0.5, 0.6) is 0 Å². The molecule has 0 atom stereocenters.